The Bertz CT molecular complexity index is 289. The van der Waals surface area contributed by atoms with Crippen molar-refractivity contribution in [1.29, 1.82) is 0 Å². The summed E-state index contributed by atoms with van der Waals surface area (Å²) < 4.78 is 0. The van der Waals surface area contributed by atoms with Gasteiger partial charge >= 0.3 is 0 Å². The van der Waals surface area contributed by atoms with E-state index in [1.54, 1.807) is 6.92 Å². The summed E-state index contributed by atoms with van der Waals surface area (Å²) in [6.07, 6.45) is 0.281. The molecule has 0 spiro atoms. The Morgan fingerprint density at radius 2 is 1.53 bits per heavy atom. The zero-order valence-corrected chi connectivity index (χ0v) is 11.6. The van der Waals surface area contributed by atoms with E-state index in [0.29, 0.717) is 0 Å². The summed E-state index contributed by atoms with van der Waals surface area (Å²) in [5.74, 6) is 5.02. The van der Waals surface area contributed by atoms with Gasteiger partial charge in [-0.3, -0.25) is 0 Å². The number of aliphatic hydroxyl groups excluding tert-OH is 1. The van der Waals surface area contributed by atoms with Crippen molar-refractivity contribution in [1.82, 2.24) is 0 Å². The average Bonchev–Trinajstić information content (AvgIpc) is 2.09. The molecule has 17 heavy (non-hydrogen) atoms. The highest BCUT2D eigenvalue weighted by atomic mass is 17.2. The normalized spacial score (nSPS) is 16.0. The Hall–Kier alpha value is -0.600. The molecule has 0 aliphatic rings. The molecule has 0 saturated heterocycles. The summed E-state index contributed by atoms with van der Waals surface area (Å²) in [4.78, 5) is 10.6. The van der Waals surface area contributed by atoms with Gasteiger partial charge in [0.25, 0.3) is 0 Å². The van der Waals surface area contributed by atoms with Crippen LogP contribution in [0, 0.1) is 11.8 Å². The largest absolute Gasteiger partial charge is 0.384 e. The maximum absolute atomic E-state index is 9.99. The van der Waals surface area contributed by atoms with Gasteiger partial charge in [-0.05, 0) is 41.5 Å². The van der Waals surface area contributed by atoms with Crippen LogP contribution in [0.2, 0.25) is 0 Å². The quantitative estimate of drug-likeness (QED) is 0.448. The summed E-state index contributed by atoms with van der Waals surface area (Å²) in [7, 11) is 0. The fraction of sp³-hybridized carbons (Fsp3) is 0.846. The van der Waals surface area contributed by atoms with Crippen molar-refractivity contribution in [3.05, 3.63) is 0 Å². The lowest BCUT2D eigenvalue weighted by molar-refractivity contribution is -0.401. The lowest BCUT2D eigenvalue weighted by atomic mass is 9.91. The Labute approximate surface area is 104 Å². The van der Waals surface area contributed by atoms with E-state index in [1.165, 1.54) is 0 Å². The molecule has 2 N–H and O–H groups in total. The van der Waals surface area contributed by atoms with Crippen molar-refractivity contribution in [3.8, 4) is 11.8 Å². The van der Waals surface area contributed by atoms with Crippen molar-refractivity contribution in [2.75, 3.05) is 6.61 Å². The summed E-state index contributed by atoms with van der Waals surface area (Å²) >= 11 is 0. The van der Waals surface area contributed by atoms with Gasteiger partial charge in [0.1, 0.15) is 17.8 Å². The molecule has 1 unspecified atom stereocenters. The summed E-state index contributed by atoms with van der Waals surface area (Å²) in [6, 6.07) is 0. The molecule has 0 aromatic carbocycles. The van der Waals surface area contributed by atoms with E-state index in [-0.39, 0.29) is 13.0 Å². The molecular weight excluding hydrogens is 220 g/mol. The first kappa shape index (κ1) is 16.4. The van der Waals surface area contributed by atoms with Gasteiger partial charge in [-0.15, -0.1) is 0 Å². The number of hydrogen-bond donors (Lipinski definition) is 2. The first-order valence-corrected chi connectivity index (χ1v) is 5.68. The van der Waals surface area contributed by atoms with Gasteiger partial charge in [-0.2, -0.15) is 0 Å². The minimum Gasteiger partial charge on any atom is -0.384 e. The predicted molar refractivity (Wildman–Crippen MR) is 66.1 cm³/mol. The Kier molecular flexibility index (Phi) is 5.63. The molecule has 0 aliphatic carbocycles. The van der Waals surface area contributed by atoms with Gasteiger partial charge in [0.2, 0.25) is 0 Å². The Morgan fingerprint density at radius 1 is 1.00 bits per heavy atom. The standard InChI is InChI=1S/C13H24O4/c1-11(2,3)16-17-12(4,5)10-13(6,15)8-7-9-14/h14-15H,9-10H2,1-6H3. The minimum absolute atomic E-state index is 0.268. The second kappa shape index (κ2) is 5.83. The van der Waals surface area contributed by atoms with Crippen LogP contribution < -0.4 is 0 Å². The summed E-state index contributed by atoms with van der Waals surface area (Å²) in [5, 5.41) is 18.6. The molecule has 0 aromatic rings. The second-order valence-corrected chi connectivity index (χ2v) is 5.95. The third-order valence-electron chi connectivity index (χ3n) is 1.72. The monoisotopic (exact) mass is 244 g/mol. The summed E-state index contributed by atoms with van der Waals surface area (Å²) in [5.41, 5.74) is -2.28. The summed E-state index contributed by atoms with van der Waals surface area (Å²) in [6.45, 7) is 10.6. The van der Waals surface area contributed by atoms with Gasteiger partial charge < -0.3 is 10.2 Å². The molecule has 100 valence electrons. The number of aliphatic hydroxyl groups is 2. The predicted octanol–water partition coefficient (Wildman–Crippen LogP) is 1.65. The van der Waals surface area contributed by atoms with Crippen molar-refractivity contribution in [2.24, 2.45) is 0 Å². The van der Waals surface area contributed by atoms with E-state index < -0.39 is 16.8 Å². The Morgan fingerprint density at radius 3 is 1.94 bits per heavy atom. The van der Waals surface area contributed by atoms with Crippen LogP contribution >= 0.6 is 0 Å². The van der Waals surface area contributed by atoms with E-state index in [4.69, 9.17) is 14.9 Å². The van der Waals surface area contributed by atoms with Crippen LogP contribution in [0.4, 0.5) is 0 Å². The van der Waals surface area contributed by atoms with Crippen LogP contribution in [0.15, 0.2) is 0 Å². The van der Waals surface area contributed by atoms with E-state index in [1.807, 2.05) is 34.6 Å². The molecule has 0 amide bonds. The van der Waals surface area contributed by atoms with Crippen LogP contribution in [0.25, 0.3) is 0 Å². The first-order valence-electron chi connectivity index (χ1n) is 5.68. The molecule has 0 aliphatic heterocycles. The van der Waals surface area contributed by atoms with E-state index in [0.717, 1.165) is 0 Å². The lowest BCUT2D eigenvalue weighted by Crippen LogP contribution is -2.38. The topological polar surface area (TPSA) is 58.9 Å². The van der Waals surface area contributed by atoms with Crippen LogP contribution in [-0.4, -0.2) is 33.6 Å². The zero-order valence-electron chi connectivity index (χ0n) is 11.6. The molecule has 0 aromatic heterocycles. The molecule has 4 heteroatoms. The lowest BCUT2D eigenvalue weighted by Gasteiger charge is -2.32. The third kappa shape index (κ3) is 9.13. The zero-order chi connectivity index (χ0) is 13.7. The van der Waals surface area contributed by atoms with Gasteiger partial charge in [0.15, 0.2) is 0 Å². The van der Waals surface area contributed by atoms with Crippen molar-refractivity contribution < 1.29 is 20.0 Å². The van der Waals surface area contributed by atoms with E-state index >= 15 is 0 Å². The van der Waals surface area contributed by atoms with E-state index in [9.17, 15) is 5.11 Å². The first-order chi connectivity index (χ1) is 7.47. The molecule has 0 radical (unpaired) electrons. The maximum Gasteiger partial charge on any atom is 0.125 e. The van der Waals surface area contributed by atoms with E-state index in [2.05, 4.69) is 11.8 Å². The van der Waals surface area contributed by atoms with Gasteiger partial charge in [0.05, 0.1) is 5.60 Å². The molecule has 1 atom stereocenters. The third-order valence-corrected chi connectivity index (χ3v) is 1.72. The van der Waals surface area contributed by atoms with Crippen LogP contribution in [0.1, 0.15) is 48.0 Å². The fourth-order valence-corrected chi connectivity index (χ4v) is 1.37. The Balaban J connectivity index is 4.43. The van der Waals surface area contributed by atoms with Crippen molar-refractivity contribution in [2.45, 2.75) is 64.8 Å². The SMILES string of the molecule is CC(O)(C#CCO)CC(C)(C)OOC(C)(C)C. The van der Waals surface area contributed by atoms with Gasteiger partial charge in [-0.1, -0.05) is 11.8 Å². The molecular formula is C13H24O4. The van der Waals surface area contributed by atoms with Crippen LogP contribution in [0.3, 0.4) is 0 Å². The molecule has 0 fully saturated rings. The fourth-order valence-electron chi connectivity index (χ4n) is 1.37. The highest BCUT2D eigenvalue weighted by molar-refractivity contribution is 5.13. The highest BCUT2D eigenvalue weighted by Crippen LogP contribution is 2.25. The number of hydrogen-bond acceptors (Lipinski definition) is 4. The molecule has 0 heterocycles. The minimum atomic E-state index is -1.21. The smallest absolute Gasteiger partial charge is 0.125 e. The highest BCUT2D eigenvalue weighted by Gasteiger charge is 2.32. The number of rotatable bonds is 4. The molecule has 4 nitrogen and oxygen atoms in total. The van der Waals surface area contributed by atoms with Gasteiger partial charge in [0, 0.05) is 6.42 Å². The average molecular weight is 244 g/mol. The maximum atomic E-state index is 9.99. The molecule has 0 saturated carbocycles. The van der Waals surface area contributed by atoms with Gasteiger partial charge in [-0.25, -0.2) is 9.78 Å². The van der Waals surface area contributed by atoms with Crippen LogP contribution in [-0.2, 0) is 9.78 Å². The van der Waals surface area contributed by atoms with Crippen molar-refractivity contribution >= 4 is 0 Å². The second-order valence-electron chi connectivity index (χ2n) is 5.95. The van der Waals surface area contributed by atoms with Crippen LogP contribution in [0.5, 0.6) is 0 Å². The van der Waals surface area contributed by atoms with Crippen molar-refractivity contribution in [3.63, 3.8) is 0 Å². The molecule has 0 rings (SSSR count). The molecule has 0 bridgehead atoms.